The Bertz CT molecular complexity index is 927. The minimum absolute atomic E-state index is 0.149. The molecule has 1 amide bonds. The second-order valence-corrected chi connectivity index (χ2v) is 9.02. The van der Waals surface area contributed by atoms with Gasteiger partial charge in [-0.3, -0.25) is 0 Å². The zero-order valence-corrected chi connectivity index (χ0v) is 17.1. The Morgan fingerprint density at radius 1 is 1.14 bits per heavy atom. The highest BCUT2D eigenvalue weighted by Gasteiger charge is 2.48. The molecule has 1 fully saturated rings. The quantitative estimate of drug-likeness (QED) is 0.670. The largest absolute Gasteiger partial charge is 0.465 e. The Balaban J connectivity index is 1.70. The third-order valence-electron chi connectivity index (χ3n) is 5.72. The van der Waals surface area contributed by atoms with Crippen LogP contribution in [0.25, 0.3) is 11.1 Å². The molecule has 2 aromatic carbocycles. The molecule has 2 aromatic rings. The summed E-state index contributed by atoms with van der Waals surface area (Å²) in [4.78, 5) is 12.7. The number of rotatable bonds is 1. The number of nitrogens with two attached hydrogens (primary N) is 1. The maximum absolute atomic E-state index is 11.3. The molecule has 0 aliphatic carbocycles. The van der Waals surface area contributed by atoms with Gasteiger partial charge in [0.15, 0.2) is 0 Å². The van der Waals surface area contributed by atoms with E-state index in [-0.39, 0.29) is 11.5 Å². The summed E-state index contributed by atoms with van der Waals surface area (Å²) in [7, 11) is 0. The first-order valence-corrected chi connectivity index (χ1v) is 10.0. The van der Waals surface area contributed by atoms with E-state index in [9.17, 15) is 9.90 Å². The smallest absolute Gasteiger partial charge is 0.407 e. The summed E-state index contributed by atoms with van der Waals surface area (Å²) >= 11 is 0. The number of likely N-dealkylation sites (tertiary alicyclic amines) is 1. The van der Waals surface area contributed by atoms with Gasteiger partial charge >= 0.3 is 6.09 Å². The summed E-state index contributed by atoms with van der Waals surface area (Å²) < 4.78 is 12.9. The van der Waals surface area contributed by atoms with Crippen molar-refractivity contribution in [3.63, 3.8) is 0 Å². The van der Waals surface area contributed by atoms with Crippen molar-refractivity contribution in [1.29, 1.82) is 0 Å². The van der Waals surface area contributed by atoms with E-state index in [0.29, 0.717) is 25.9 Å². The highest BCUT2D eigenvalue weighted by atomic mass is 16.7. The van der Waals surface area contributed by atoms with Gasteiger partial charge in [-0.05, 0) is 40.8 Å². The van der Waals surface area contributed by atoms with Gasteiger partial charge < -0.3 is 25.2 Å². The van der Waals surface area contributed by atoms with Gasteiger partial charge in [0, 0.05) is 37.2 Å². The van der Waals surface area contributed by atoms with E-state index in [1.54, 1.807) is 0 Å². The second kappa shape index (κ2) is 6.95. The number of piperidine rings is 1. The van der Waals surface area contributed by atoms with E-state index in [2.05, 4.69) is 26.8 Å². The monoisotopic (exact) mass is 396 g/mol. The Kier molecular flexibility index (Phi) is 4.69. The molecule has 0 bridgehead atoms. The number of benzene rings is 2. The van der Waals surface area contributed by atoms with Crippen molar-refractivity contribution >= 4 is 11.8 Å². The molecule has 2 heterocycles. The van der Waals surface area contributed by atoms with Gasteiger partial charge in [0.25, 0.3) is 0 Å². The van der Waals surface area contributed by atoms with Crippen molar-refractivity contribution < 1.29 is 19.4 Å². The number of nitrogen functional groups attached to an aromatic ring is 1. The van der Waals surface area contributed by atoms with Crippen molar-refractivity contribution in [3.05, 3.63) is 48.0 Å². The fraction of sp³-hybridized carbons (Fsp3) is 0.435. The second-order valence-electron chi connectivity index (χ2n) is 9.02. The van der Waals surface area contributed by atoms with Crippen LogP contribution in [0, 0.1) is 5.41 Å². The third-order valence-corrected chi connectivity index (χ3v) is 5.72. The average molecular weight is 396 g/mol. The van der Waals surface area contributed by atoms with Gasteiger partial charge in [0.05, 0.1) is 6.10 Å². The Morgan fingerprint density at radius 3 is 2.45 bits per heavy atom. The Hall–Kier alpha value is -2.73. The third kappa shape index (κ3) is 3.77. The first-order valence-electron chi connectivity index (χ1n) is 10.0. The van der Waals surface area contributed by atoms with Crippen LogP contribution in [0.4, 0.5) is 10.5 Å². The molecule has 0 radical (unpaired) electrons. The molecule has 3 N–H and O–H groups in total. The molecule has 4 rings (SSSR count). The van der Waals surface area contributed by atoms with Crippen molar-refractivity contribution in [2.45, 2.75) is 45.5 Å². The molecule has 1 atom stereocenters. The predicted octanol–water partition coefficient (Wildman–Crippen LogP) is 4.90. The number of carbonyl (C=O) groups is 1. The van der Waals surface area contributed by atoms with E-state index in [4.69, 9.17) is 15.2 Å². The lowest BCUT2D eigenvalue weighted by molar-refractivity contribution is -0.266. The van der Waals surface area contributed by atoms with Crippen molar-refractivity contribution in [2.75, 3.05) is 18.8 Å². The van der Waals surface area contributed by atoms with Gasteiger partial charge in [-0.1, -0.05) is 39.0 Å². The standard InChI is InChI=1S/C23H28N2O4/c1-22(2,3)20-18-14-16(15-5-4-6-17(24)13-15)7-8-19(18)28-23(29-20)9-11-25(12-10-23)21(26)27/h4-8,13-14,20H,9-12,24H2,1-3H3,(H,26,27). The number of carboxylic acid groups (broad SMARTS) is 1. The van der Waals surface area contributed by atoms with Crippen LogP contribution in [-0.2, 0) is 4.74 Å². The predicted molar refractivity (Wildman–Crippen MR) is 112 cm³/mol. The molecule has 154 valence electrons. The van der Waals surface area contributed by atoms with Crippen LogP contribution in [0.15, 0.2) is 42.5 Å². The number of fused-ring (bicyclic) bond motifs is 1. The normalized spacial score (nSPS) is 20.8. The number of hydrogen-bond donors (Lipinski definition) is 2. The maximum atomic E-state index is 11.3. The lowest BCUT2D eigenvalue weighted by Crippen LogP contribution is -2.54. The van der Waals surface area contributed by atoms with Crippen molar-refractivity contribution in [2.24, 2.45) is 5.41 Å². The van der Waals surface area contributed by atoms with Crippen LogP contribution in [0.1, 0.15) is 45.3 Å². The highest BCUT2D eigenvalue weighted by Crippen LogP contribution is 2.50. The van der Waals surface area contributed by atoms with Crippen LogP contribution >= 0.6 is 0 Å². The molecule has 2 aliphatic rings. The van der Waals surface area contributed by atoms with Gasteiger partial charge in [0.1, 0.15) is 5.75 Å². The fourth-order valence-corrected chi connectivity index (χ4v) is 4.15. The fourth-order valence-electron chi connectivity index (χ4n) is 4.15. The lowest BCUT2D eigenvalue weighted by Gasteiger charge is -2.49. The molecule has 6 nitrogen and oxygen atoms in total. The van der Waals surface area contributed by atoms with Gasteiger partial charge in [0.2, 0.25) is 5.79 Å². The molecule has 2 aliphatic heterocycles. The SMILES string of the molecule is CC(C)(C)C1OC2(CCN(C(=O)O)CC2)Oc2ccc(-c3cccc(N)c3)cc21. The Morgan fingerprint density at radius 2 is 1.83 bits per heavy atom. The van der Waals surface area contributed by atoms with E-state index in [0.717, 1.165) is 28.1 Å². The van der Waals surface area contributed by atoms with Crippen LogP contribution in [-0.4, -0.2) is 35.0 Å². The van der Waals surface area contributed by atoms with Crippen LogP contribution in [0.5, 0.6) is 5.75 Å². The minimum atomic E-state index is -0.893. The summed E-state index contributed by atoms with van der Waals surface area (Å²) in [6.07, 6.45) is -0.0243. The number of hydrogen-bond acceptors (Lipinski definition) is 4. The van der Waals surface area contributed by atoms with Crippen LogP contribution in [0.3, 0.4) is 0 Å². The van der Waals surface area contributed by atoms with Crippen LogP contribution < -0.4 is 10.5 Å². The van der Waals surface area contributed by atoms with E-state index in [1.165, 1.54) is 4.90 Å². The first kappa shape index (κ1) is 19.6. The van der Waals surface area contributed by atoms with Crippen molar-refractivity contribution in [3.8, 4) is 16.9 Å². The first-order chi connectivity index (χ1) is 13.7. The van der Waals surface area contributed by atoms with Gasteiger partial charge in [-0.2, -0.15) is 0 Å². The Labute approximate surface area is 171 Å². The highest BCUT2D eigenvalue weighted by molar-refractivity contribution is 5.69. The summed E-state index contributed by atoms with van der Waals surface area (Å²) in [5, 5.41) is 9.26. The lowest BCUT2D eigenvalue weighted by atomic mass is 9.82. The molecule has 1 unspecified atom stereocenters. The van der Waals surface area contributed by atoms with Gasteiger partial charge in [-0.15, -0.1) is 0 Å². The molecular formula is C23H28N2O4. The topological polar surface area (TPSA) is 85.0 Å². The van der Waals surface area contributed by atoms with E-state index < -0.39 is 11.9 Å². The molecular weight excluding hydrogens is 368 g/mol. The summed E-state index contributed by atoms with van der Waals surface area (Å²) in [6.45, 7) is 7.27. The van der Waals surface area contributed by atoms with E-state index in [1.807, 2.05) is 36.4 Å². The molecule has 0 saturated carbocycles. The zero-order valence-electron chi connectivity index (χ0n) is 17.1. The molecule has 6 heteroatoms. The summed E-state index contributed by atoms with van der Waals surface area (Å²) in [5.74, 6) is 0.0304. The van der Waals surface area contributed by atoms with Crippen LogP contribution in [0.2, 0.25) is 0 Å². The summed E-state index contributed by atoms with van der Waals surface area (Å²) in [5.41, 5.74) is 9.67. The van der Waals surface area contributed by atoms with Gasteiger partial charge in [-0.25, -0.2) is 4.79 Å². The molecule has 1 saturated heterocycles. The number of amides is 1. The minimum Gasteiger partial charge on any atom is -0.465 e. The zero-order chi connectivity index (χ0) is 20.8. The molecule has 0 aromatic heterocycles. The number of anilines is 1. The molecule has 1 spiro atoms. The maximum Gasteiger partial charge on any atom is 0.407 e. The molecule has 29 heavy (non-hydrogen) atoms. The van der Waals surface area contributed by atoms with E-state index >= 15 is 0 Å². The average Bonchev–Trinajstić information content (AvgIpc) is 2.67. The number of ether oxygens (including phenoxy) is 2. The number of nitrogens with zero attached hydrogens (tertiary/aromatic N) is 1. The summed E-state index contributed by atoms with van der Waals surface area (Å²) in [6, 6.07) is 14.0. The van der Waals surface area contributed by atoms with Crippen molar-refractivity contribution in [1.82, 2.24) is 4.90 Å².